The smallest absolute Gasteiger partial charge is 0.442 e. The minimum absolute atomic E-state index is 0.0625. The van der Waals surface area contributed by atoms with Gasteiger partial charge in [0.05, 0.1) is 24.5 Å². The third kappa shape index (κ3) is 4.43. The molecule has 1 aromatic heterocycles. The minimum atomic E-state index is -1.15. The number of hydrogen-bond acceptors (Lipinski definition) is 6. The van der Waals surface area contributed by atoms with Crippen LogP contribution in [0.5, 0.6) is 0 Å². The van der Waals surface area contributed by atoms with Gasteiger partial charge in [0.25, 0.3) is 0 Å². The zero-order valence-electron chi connectivity index (χ0n) is 14.8. The summed E-state index contributed by atoms with van der Waals surface area (Å²) in [6.45, 7) is 2.39. The molecule has 142 valence electrons. The van der Waals surface area contributed by atoms with Crippen molar-refractivity contribution in [2.45, 2.75) is 26.3 Å². The van der Waals surface area contributed by atoms with Crippen LogP contribution in [-0.4, -0.2) is 50.9 Å². The zero-order valence-corrected chi connectivity index (χ0v) is 14.8. The first kappa shape index (κ1) is 18.4. The standard InChI is InChI=1S/C18H19N3O6/c1-12-3-2-4-13(9-12)6-8-26-16(22)17(23)27-21-11-19-14-10-20(18(24)25)7-5-15(14)21/h2-4,9,11H,5-8,10H2,1H3,(H,24,25). The van der Waals surface area contributed by atoms with Crippen molar-refractivity contribution in [2.24, 2.45) is 0 Å². The highest BCUT2D eigenvalue weighted by atomic mass is 16.7. The van der Waals surface area contributed by atoms with E-state index in [1.807, 2.05) is 31.2 Å². The molecule has 0 fully saturated rings. The van der Waals surface area contributed by atoms with Crippen LogP contribution in [-0.2, 0) is 33.7 Å². The molecule has 0 unspecified atom stereocenters. The van der Waals surface area contributed by atoms with Crippen molar-refractivity contribution >= 4 is 18.0 Å². The topological polar surface area (TPSA) is 111 Å². The van der Waals surface area contributed by atoms with E-state index < -0.39 is 18.0 Å². The third-order valence-corrected chi connectivity index (χ3v) is 4.20. The minimum Gasteiger partial charge on any atom is -0.465 e. The Morgan fingerprint density at radius 1 is 1.26 bits per heavy atom. The molecule has 2 aromatic rings. The fraction of sp³-hybridized carbons (Fsp3) is 0.333. The average Bonchev–Trinajstić information content (AvgIpc) is 3.03. The van der Waals surface area contributed by atoms with E-state index in [9.17, 15) is 14.4 Å². The molecule has 1 amide bonds. The Kier molecular flexibility index (Phi) is 5.39. The summed E-state index contributed by atoms with van der Waals surface area (Å²) in [6, 6.07) is 7.77. The molecule has 9 heteroatoms. The summed E-state index contributed by atoms with van der Waals surface area (Å²) in [5.74, 6) is -2.24. The summed E-state index contributed by atoms with van der Waals surface area (Å²) < 4.78 is 6.05. The summed E-state index contributed by atoms with van der Waals surface area (Å²) in [6.07, 6.45) is 1.03. The van der Waals surface area contributed by atoms with Crippen molar-refractivity contribution in [2.75, 3.05) is 13.2 Å². The van der Waals surface area contributed by atoms with Crippen LogP contribution >= 0.6 is 0 Å². The summed E-state index contributed by atoms with van der Waals surface area (Å²) in [5.41, 5.74) is 3.16. The number of nitrogens with zero attached hydrogens (tertiary/aromatic N) is 3. The van der Waals surface area contributed by atoms with Gasteiger partial charge in [-0.2, -0.15) is 4.73 Å². The lowest BCUT2D eigenvalue weighted by Gasteiger charge is -2.23. The van der Waals surface area contributed by atoms with E-state index in [0.29, 0.717) is 24.2 Å². The molecule has 27 heavy (non-hydrogen) atoms. The lowest BCUT2D eigenvalue weighted by molar-refractivity contribution is -0.168. The summed E-state index contributed by atoms with van der Waals surface area (Å²) in [4.78, 5) is 45.0. The molecule has 1 N–H and O–H groups in total. The largest absolute Gasteiger partial charge is 0.465 e. The van der Waals surface area contributed by atoms with Gasteiger partial charge in [0.15, 0.2) is 0 Å². The van der Waals surface area contributed by atoms with Gasteiger partial charge in [-0.05, 0) is 12.5 Å². The number of carbonyl (C=O) groups is 3. The highest BCUT2D eigenvalue weighted by Gasteiger charge is 2.27. The molecule has 0 bridgehead atoms. The fourth-order valence-electron chi connectivity index (χ4n) is 2.84. The normalized spacial score (nSPS) is 13.0. The molecule has 2 heterocycles. The molecule has 0 spiro atoms. The summed E-state index contributed by atoms with van der Waals surface area (Å²) >= 11 is 0. The highest BCUT2D eigenvalue weighted by Crippen LogP contribution is 2.17. The zero-order chi connectivity index (χ0) is 19.4. The molecule has 1 aliphatic rings. The van der Waals surface area contributed by atoms with Crippen LogP contribution < -0.4 is 4.84 Å². The number of hydrogen-bond donors (Lipinski definition) is 1. The Balaban J connectivity index is 1.52. The van der Waals surface area contributed by atoms with E-state index in [1.165, 1.54) is 11.2 Å². The number of fused-ring (bicyclic) bond motifs is 1. The van der Waals surface area contributed by atoms with Crippen LogP contribution in [0.2, 0.25) is 0 Å². The average molecular weight is 373 g/mol. The van der Waals surface area contributed by atoms with Crippen molar-refractivity contribution in [1.29, 1.82) is 0 Å². The number of carboxylic acid groups (broad SMARTS) is 1. The predicted molar refractivity (Wildman–Crippen MR) is 91.8 cm³/mol. The van der Waals surface area contributed by atoms with E-state index in [4.69, 9.17) is 14.7 Å². The molecule has 0 atom stereocenters. The Bertz CT molecular complexity index is 876. The number of imidazole rings is 1. The monoisotopic (exact) mass is 373 g/mol. The molecule has 1 aromatic carbocycles. The molecule has 1 aliphatic heterocycles. The van der Waals surface area contributed by atoms with Crippen LogP contribution in [0.1, 0.15) is 22.5 Å². The second-order valence-electron chi connectivity index (χ2n) is 6.17. The first-order valence-electron chi connectivity index (χ1n) is 8.42. The number of aromatic nitrogens is 2. The summed E-state index contributed by atoms with van der Waals surface area (Å²) in [5, 5.41) is 9.01. The predicted octanol–water partition coefficient (Wildman–Crippen LogP) is 0.969. The van der Waals surface area contributed by atoms with Gasteiger partial charge in [0, 0.05) is 19.4 Å². The first-order valence-corrected chi connectivity index (χ1v) is 8.42. The van der Waals surface area contributed by atoms with Crippen LogP contribution in [0, 0.1) is 6.92 Å². The number of benzene rings is 1. The maximum Gasteiger partial charge on any atom is 0.442 e. The third-order valence-electron chi connectivity index (χ3n) is 4.20. The highest BCUT2D eigenvalue weighted by molar-refractivity contribution is 6.29. The molecule has 3 rings (SSSR count). The van der Waals surface area contributed by atoms with E-state index in [2.05, 4.69) is 4.98 Å². The molecular weight excluding hydrogens is 354 g/mol. The van der Waals surface area contributed by atoms with Crippen LogP contribution in [0.15, 0.2) is 30.6 Å². The Morgan fingerprint density at radius 2 is 2.07 bits per heavy atom. The van der Waals surface area contributed by atoms with Crippen LogP contribution in [0.4, 0.5) is 4.79 Å². The number of aryl methyl sites for hydroxylation is 1. The lowest BCUT2D eigenvalue weighted by Crippen LogP contribution is -2.37. The second kappa shape index (κ2) is 7.90. The quantitative estimate of drug-likeness (QED) is 0.628. The van der Waals surface area contributed by atoms with Gasteiger partial charge in [0.2, 0.25) is 0 Å². The molecule has 9 nitrogen and oxygen atoms in total. The lowest BCUT2D eigenvalue weighted by atomic mass is 10.1. The Hall–Kier alpha value is -3.36. The van der Waals surface area contributed by atoms with E-state index in [1.54, 1.807) is 0 Å². The Morgan fingerprint density at radius 3 is 2.81 bits per heavy atom. The SMILES string of the molecule is Cc1cccc(CCOC(=O)C(=O)On2cnc3c2CCN(C(=O)O)C3)c1. The van der Waals surface area contributed by atoms with E-state index in [0.717, 1.165) is 15.9 Å². The number of ether oxygens (including phenoxy) is 1. The molecular formula is C18H19N3O6. The Labute approximate surface area is 155 Å². The van der Waals surface area contributed by atoms with Crippen LogP contribution in [0.25, 0.3) is 0 Å². The maximum atomic E-state index is 11.9. The van der Waals surface area contributed by atoms with E-state index in [-0.39, 0.29) is 19.7 Å². The van der Waals surface area contributed by atoms with Gasteiger partial charge in [-0.3, -0.25) is 0 Å². The maximum absolute atomic E-state index is 11.9. The first-order chi connectivity index (χ1) is 12.9. The van der Waals surface area contributed by atoms with Gasteiger partial charge in [-0.15, -0.1) is 0 Å². The fourth-order valence-corrected chi connectivity index (χ4v) is 2.84. The molecule has 0 radical (unpaired) electrons. The number of amides is 1. The molecule has 0 saturated heterocycles. The van der Waals surface area contributed by atoms with Gasteiger partial charge in [-0.25, -0.2) is 19.4 Å². The van der Waals surface area contributed by atoms with Crippen molar-refractivity contribution in [3.8, 4) is 0 Å². The second-order valence-corrected chi connectivity index (χ2v) is 6.17. The van der Waals surface area contributed by atoms with Gasteiger partial charge >= 0.3 is 18.0 Å². The number of rotatable bonds is 4. The number of carbonyl (C=O) groups excluding carboxylic acids is 2. The molecule has 0 aliphatic carbocycles. The van der Waals surface area contributed by atoms with Crippen molar-refractivity contribution < 1.29 is 29.1 Å². The van der Waals surface area contributed by atoms with Crippen molar-refractivity contribution in [3.05, 3.63) is 53.1 Å². The van der Waals surface area contributed by atoms with Crippen molar-refractivity contribution in [1.82, 2.24) is 14.6 Å². The van der Waals surface area contributed by atoms with Crippen LogP contribution in [0.3, 0.4) is 0 Å². The van der Waals surface area contributed by atoms with Crippen molar-refractivity contribution in [3.63, 3.8) is 0 Å². The van der Waals surface area contributed by atoms with Gasteiger partial charge in [-0.1, -0.05) is 29.8 Å². The summed E-state index contributed by atoms with van der Waals surface area (Å²) in [7, 11) is 0. The number of esters is 1. The van der Waals surface area contributed by atoms with E-state index >= 15 is 0 Å². The van der Waals surface area contributed by atoms with Gasteiger partial charge < -0.3 is 19.6 Å². The molecule has 0 saturated carbocycles. The van der Waals surface area contributed by atoms with Gasteiger partial charge in [0.1, 0.15) is 6.33 Å².